The predicted molar refractivity (Wildman–Crippen MR) is 34.6 cm³/mol. The van der Waals surface area contributed by atoms with Crippen molar-refractivity contribution in [2.24, 2.45) is 0 Å². The first-order valence-corrected chi connectivity index (χ1v) is 2.88. The molecule has 0 unspecified atom stereocenters. The average molecular weight is 140 g/mol. The minimum absolute atomic E-state index is 0.0131. The fourth-order valence-corrected chi connectivity index (χ4v) is 0.715. The van der Waals surface area contributed by atoms with Crippen LogP contribution in [0.4, 0.5) is 0 Å². The topological polar surface area (TPSA) is 55.1 Å². The van der Waals surface area contributed by atoms with Crippen molar-refractivity contribution in [3.63, 3.8) is 0 Å². The van der Waals surface area contributed by atoms with Gasteiger partial charge >= 0.3 is 5.97 Å². The molecule has 1 heterocycles. The largest absolute Gasteiger partial charge is 0.480 e. The van der Waals surface area contributed by atoms with E-state index in [0.29, 0.717) is 0 Å². The number of nitrogens with zero attached hydrogens (tertiary/aromatic N) is 2. The van der Waals surface area contributed by atoms with E-state index in [0.717, 1.165) is 5.69 Å². The van der Waals surface area contributed by atoms with Crippen LogP contribution < -0.4 is 0 Å². The summed E-state index contributed by atoms with van der Waals surface area (Å²) in [5.74, 6) is -0.850. The number of rotatable bonds is 2. The van der Waals surface area contributed by atoms with E-state index in [1.165, 1.54) is 10.9 Å². The van der Waals surface area contributed by atoms with Gasteiger partial charge in [0, 0.05) is 6.20 Å². The van der Waals surface area contributed by atoms with Gasteiger partial charge in [-0.25, -0.2) is 4.98 Å². The first-order valence-electron chi connectivity index (χ1n) is 2.88. The van der Waals surface area contributed by atoms with Gasteiger partial charge in [-0.05, 0) is 6.92 Å². The quantitative estimate of drug-likeness (QED) is 0.641. The zero-order chi connectivity index (χ0) is 7.56. The van der Waals surface area contributed by atoms with Crippen LogP contribution in [0, 0.1) is 6.92 Å². The van der Waals surface area contributed by atoms with Gasteiger partial charge in [-0.1, -0.05) is 0 Å². The Balaban J connectivity index is 2.67. The van der Waals surface area contributed by atoms with E-state index < -0.39 is 5.97 Å². The van der Waals surface area contributed by atoms with Gasteiger partial charge in [0.2, 0.25) is 0 Å². The number of carbonyl (C=O) groups is 1. The highest BCUT2D eigenvalue weighted by Gasteiger charge is 1.97. The normalized spacial score (nSPS) is 9.70. The number of carboxylic acid groups (broad SMARTS) is 1. The maximum atomic E-state index is 10.1. The van der Waals surface area contributed by atoms with E-state index in [1.54, 1.807) is 6.20 Å². The average Bonchev–Trinajstić information content (AvgIpc) is 2.13. The Bertz CT molecular complexity index is 242. The molecule has 0 aliphatic heterocycles. The summed E-state index contributed by atoms with van der Waals surface area (Å²) in [5, 5.41) is 8.33. The van der Waals surface area contributed by atoms with Crippen LogP contribution in [-0.4, -0.2) is 20.6 Å². The van der Waals surface area contributed by atoms with Crippen molar-refractivity contribution in [2.75, 3.05) is 0 Å². The first kappa shape index (κ1) is 6.80. The molecule has 4 heteroatoms. The van der Waals surface area contributed by atoms with Crippen LogP contribution in [0.1, 0.15) is 5.69 Å². The minimum atomic E-state index is -0.850. The summed E-state index contributed by atoms with van der Waals surface area (Å²) in [5.41, 5.74) is 0.834. The van der Waals surface area contributed by atoms with Gasteiger partial charge in [0.25, 0.3) is 0 Å². The highest BCUT2D eigenvalue weighted by atomic mass is 16.4. The van der Waals surface area contributed by atoms with Crippen LogP contribution in [0.15, 0.2) is 12.5 Å². The maximum absolute atomic E-state index is 10.1. The molecule has 0 saturated carbocycles. The Hall–Kier alpha value is -1.32. The van der Waals surface area contributed by atoms with Crippen molar-refractivity contribution in [2.45, 2.75) is 13.5 Å². The second-order valence-corrected chi connectivity index (χ2v) is 2.08. The van der Waals surface area contributed by atoms with Crippen LogP contribution in [0.25, 0.3) is 0 Å². The molecular weight excluding hydrogens is 132 g/mol. The van der Waals surface area contributed by atoms with Gasteiger partial charge in [-0.2, -0.15) is 0 Å². The Kier molecular flexibility index (Phi) is 1.71. The van der Waals surface area contributed by atoms with E-state index in [1.807, 2.05) is 6.92 Å². The number of aromatic nitrogens is 2. The number of hydrogen-bond acceptors (Lipinski definition) is 2. The highest BCUT2D eigenvalue weighted by molar-refractivity contribution is 5.66. The van der Waals surface area contributed by atoms with Gasteiger partial charge < -0.3 is 9.67 Å². The molecule has 0 bridgehead atoms. The van der Waals surface area contributed by atoms with Gasteiger partial charge in [-0.15, -0.1) is 0 Å². The number of hydrogen-bond donors (Lipinski definition) is 1. The molecule has 0 saturated heterocycles. The molecule has 0 aromatic carbocycles. The smallest absolute Gasteiger partial charge is 0.323 e. The maximum Gasteiger partial charge on any atom is 0.323 e. The lowest BCUT2D eigenvalue weighted by molar-refractivity contribution is -0.137. The fraction of sp³-hybridized carbons (Fsp3) is 0.333. The van der Waals surface area contributed by atoms with Crippen molar-refractivity contribution in [1.82, 2.24) is 9.55 Å². The lowest BCUT2D eigenvalue weighted by Crippen LogP contribution is -2.06. The molecule has 0 atom stereocenters. The molecule has 0 spiro atoms. The third-order valence-electron chi connectivity index (χ3n) is 1.08. The first-order chi connectivity index (χ1) is 4.68. The molecule has 4 nitrogen and oxygen atoms in total. The summed E-state index contributed by atoms with van der Waals surface area (Å²) in [6.07, 6.45) is 3.19. The van der Waals surface area contributed by atoms with Crippen LogP contribution in [0.2, 0.25) is 0 Å². The number of aliphatic carboxylic acids is 1. The summed E-state index contributed by atoms with van der Waals surface area (Å²) in [7, 11) is 0. The van der Waals surface area contributed by atoms with Crippen molar-refractivity contribution in [1.29, 1.82) is 0 Å². The van der Waals surface area contributed by atoms with E-state index in [2.05, 4.69) is 4.98 Å². The highest BCUT2D eigenvalue weighted by Crippen LogP contribution is 1.91. The molecule has 1 N–H and O–H groups in total. The Morgan fingerprint density at radius 3 is 3.00 bits per heavy atom. The summed E-state index contributed by atoms with van der Waals surface area (Å²) < 4.78 is 1.53. The van der Waals surface area contributed by atoms with E-state index >= 15 is 0 Å². The molecule has 0 aliphatic rings. The van der Waals surface area contributed by atoms with Gasteiger partial charge in [0.1, 0.15) is 6.54 Å². The Morgan fingerprint density at radius 1 is 1.90 bits per heavy atom. The van der Waals surface area contributed by atoms with E-state index in [-0.39, 0.29) is 6.54 Å². The molecule has 1 rings (SSSR count). The number of imidazole rings is 1. The molecular formula is C6H8N2O2. The van der Waals surface area contributed by atoms with Crippen molar-refractivity contribution in [3.8, 4) is 0 Å². The van der Waals surface area contributed by atoms with Crippen molar-refractivity contribution < 1.29 is 9.90 Å². The minimum Gasteiger partial charge on any atom is -0.480 e. The molecule has 1 aromatic heterocycles. The van der Waals surface area contributed by atoms with Gasteiger partial charge in [0.15, 0.2) is 0 Å². The van der Waals surface area contributed by atoms with Crippen molar-refractivity contribution >= 4 is 5.97 Å². The monoisotopic (exact) mass is 140 g/mol. The number of carboxylic acids is 1. The lowest BCUT2D eigenvalue weighted by Gasteiger charge is -1.92. The molecule has 54 valence electrons. The van der Waals surface area contributed by atoms with Crippen LogP contribution >= 0.6 is 0 Å². The second-order valence-electron chi connectivity index (χ2n) is 2.08. The molecule has 0 aliphatic carbocycles. The summed E-state index contributed by atoms with van der Waals surface area (Å²) in [6.45, 7) is 1.80. The number of aryl methyl sites for hydroxylation is 1. The van der Waals surface area contributed by atoms with Crippen LogP contribution in [-0.2, 0) is 11.3 Å². The second kappa shape index (κ2) is 2.51. The third kappa shape index (κ3) is 1.58. The Labute approximate surface area is 58.1 Å². The van der Waals surface area contributed by atoms with Crippen LogP contribution in [0.5, 0.6) is 0 Å². The third-order valence-corrected chi connectivity index (χ3v) is 1.08. The zero-order valence-electron chi connectivity index (χ0n) is 5.61. The van der Waals surface area contributed by atoms with E-state index in [4.69, 9.17) is 5.11 Å². The van der Waals surface area contributed by atoms with E-state index in [9.17, 15) is 4.79 Å². The summed E-state index contributed by atoms with van der Waals surface area (Å²) >= 11 is 0. The van der Waals surface area contributed by atoms with Gasteiger partial charge in [-0.3, -0.25) is 4.79 Å². The van der Waals surface area contributed by atoms with Crippen LogP contribution in [0.3, 0.4) is 0 Å². The summed E-state index contributed by atoms with van der Waals surface area (Å²) in [4.78, 5) is 14.0. The molecule has 1 aromatic rings. The zero-order valence-corrected chi connectivity index (χ0v) is 5.61. The predicted octanol–water partition coefficient (Wildman–Crippen LogP) is 0.276. The van der Waals surface area contributed by atoms with Gasteiger partial charge in [0.05, 0.1) is 12.0 Å². The molecule has 10 heavy (non-hydrogen) atoms. The standard InChI is InChI=1S/C6H8N2O2/c1-5-2-8(4-7-5)3-6(9)10/h2,4H,3H2,1H3,(H,9,10). The molecule has 0 radical (unpaired) electrons. The lowest BCUT2D eigenvalue weighted by atomic mass is 10.5. The molecule has 0 amide bonds. The SMILES string of the molecule is Cc1cn(CC(=O)O)cn1. The fourth-order valence-electron chi connectivity index (χ4n) is 0.715. The Morgan fingerprint density at radius 2 is 2.60 bits per heavy atom. The van der Waals surface area contributed by atoms with Crippen molar-refractivity contribution in [3.05, 3.63) is 18.2 Å². The molecule has 0 fully saturated rings. The summed E-state index contributed by atoms with van der Waals surface area (Å²) in [6, 6.07) is 0.